The van der Waals surface area contributed by atoms with Crippen LogP contribution in [0.5, 0.6) is 5.75 Å². The Bertz CT molecular complexity index is 1040. The SMILES string of the molecule is Cc1ccccc1C(=O)NC(=S)NNC(=O)COc1ccc(-c2ccccc2)cc1. The molecule has 0 spiro atoms. The Morgan fingerprint density at radius 1 is 0.833 bits per heavy atom. The molecule has 0 aromatic heterocycles. The Kier molecular flexibility index (Phi) is 7.13. The van der Waals surface area contributed by atoms with Gasteiger partial charge in [0.25, 0.3) is 11.8 Å². The number of carbonyl (C=O) groups excluding carboxylic acids is 2. The monoisotopic (exact) mass is 419 g/mol. The van der Waals surface area contributed by atoms with Gasteiger partial charge in [-0.3, -0.25) is 25.8 Å². The van der Waals surface area contributed by atoms with Crippen LogP contribution >= 0.6 is 12.2 Å². The molecule has 0 saturated carbocycles. The predicted octanol–water partition coefficient (Wildman–Crippen LogP) is 3.38. The predicted molar refractivity (Wildman–Crippen MR) is 120 cm³/mol. The van der Waals surface area contributed by atoms with E-state index in [0.29, 0.717) is 11.3 Å². The summed E-state index contributed by atoms with van der Waals surface area (Å²) in [6.45, 7) is 1.63. The van der Waals surface area contributed by atoms with Crippen LogP contribution in [0.25, 0.3) is 11.1 Å². The quantitative estimate of drug-likeness (QED) is 0.437. The second-order valence-electron chi connectivity index (χ2n) is 6.45. The molecule has 0 radical (unpaired) electrons. The van der Waals surface area contributed by atoms with E-state index < -0.39 is 5.91 Å². The lowest BCUT2D eigenvalue weighted by molar-refractivity contribution is -0.123. The van der Waals surface area contributed by atoms with Gasteiger partial charge in [0.2, 0.25) is 0 Å². The van der Waals surface area contributed by atoms with E-state index in [2.05, 4.69) is 16.2 Å². The van der Waals surface area contributed by atoms with Crippen LogP contribution in [-0.4, -0.2) is 23.5 Å². The number of thiocarbonyl (C=S) groups is 1. The summed E-state index contributed by atoms with van der Waals surface area (Å²) < 4.78 is 5.47. The maximum absolute atomic E-state index is 12.2. The van der Waals surface area contributed by atoms with Gasteiger partial charge in [-0.15, -0.1) is 0 Å². The molecule has 3 rings (SSSR count). The number of aryl methyl sites for hydroxylation is 1. The van der Waals surface area contributed by atoms with Crippen LogP contribution in [0, 0.1) is 6.92 Å². The second kappa shape index (κ2) is 10.2. The van der Waals surface area contributed by atoms with Crippen molar-refractivity contribution < 1.29 is 14.3 Å². The van der Waals surface area contributed by atoms with Crippen LogP contribution in [0.15, 0.2) is 78.9 Å². The van der Waals surface area contributed by atoms with Crippen molar-refractivity contribution in [3.63, 3.8) is 0 Å². The van der Waals surface area contributed by atoms with E-state index >= 15 is 0 Å². The molecule has 0 fully saturated rings. The lowest BCUT2D eigenvalue weighted by atomic mass is 10.1. The molecule has 3 aromatic rings. The van der Waals surface area contributed by atoms with Gasteiger partial charge in [0.1, 0.15) is 5.75 Å². The maximum Gasteiger partial charge on any atom is 0.276 e. The van der Waals surface area contributed by atoms with Crippen molar-refractivity contribution in [3.8, 4) is 16.9 Å². The normalized spacial score (nSPS) is 10.0. The van der Waals surface area contributed by atoms with Crippen molar-refractivity contribution in [2.75, 3.05) is 6.61 Å². The Morgan fingerprint density at radius 2 is 1.47 bits per heavy atom. The highest BCUT2D eigenvalue weighted by atomic mass is 32.1. The first-order valence-corrected chi connectivity index (χ1v) is 9.68. The van der Waals surface area contributed by atoms with E-state index in [0.717, 1.165) is 16.7 Å². The number of amides is 2. The third-order valence-corrected chi connectivity index (χ3v) is 4.47. The molecule has 0 aliphatic carbocycles. The van der Waals surface area contributed by atoms with Gasteiger partial charge in [0.15, 0.2) is 11.7 Å². The highest BCUT2D eigenvalue weighted by molar-refractivity contribution is 7.80. The number of hydrogen-bond acceptors (Lipinski definition) is 4. The molecule has 7 heteroatoms. The van der Waals surface area contributed by atoms with E-state index in [4.69, 9.17) is 17.0 Å². The van der Waals surface area contributed by atoms with Crippen LogP contribution in [0.4, 0.5) is 0 Å². The Morgan fingerprint density at radius 3 is 2.17 bits per heavy atom. The minimum absolute atomic E-state index is 0.0104. The maximum atomic E-state index is 12.2. The third-order valence-electron chi connectivity index (χ3n) is 4.26. The minimum Gasteiger partial charge on any atom is -0.484 e. The smallest absolute Gasteiger partial charge is 0.276 e. The highest BCUT2D eigenvalue weighted by Gasteiger charge is 2.10. The summed E-state index contributed by atoms with van der Waals surface area (Å²) in [6.07, 6.45) is 0. The molecule has 0 aliphatic rings. The van der Waals surface area contributed by atoms with Crippen molar-refractivity contribution in [3.05, 3.63) is 90.0 Å². The van der Waals surface area contributed by atoms with Crippen molar-refractivity contribution in [1.82, 2.24) is 16.2 Å². The fourth-order valence-electron chi connectivity index (χ4n) is 2.72. The molecule has 0 heterocycles. The van der Waals surface area contributed by atoms with Gasteiger partial charge in [-0.1, -0.05) is 60.7 Å². The van der Waals surface area contributed by atoms with Crippen molar-refractivity contribution in [1.29, 1.82) is 0 Å². The molecule has 0 aliphatic heterocycles. The average molecular weight is 420 g/mol. The lowest BCUT2D eigenvalue weighted by Gasteiger charge is -2.12. The number of rotatable bonds is 5. The lowest BCUT2D eigenvalue weighted by Crippen LogP contribution is -2.49. The Hall–Kier alpha value is -3.71. The topological polar surface area (TPSA) is 79.5 Å². The first-order valence-electron chi connectivity index (χ1n) is 9.27. The van der Waals surface area contributed by atoms with Gasteiger partial charge in [-0.05, 0) is 54.0 Å². The van der Waals surface area contributed by atoms with E-state index in [-0.39, 0.29) is 17.6 Å². The number of nitrogens with one attached hydrogen (secondary N) is 3. The summed E-state index contributed by atoms with van der Waals surface area (Å²) in [7, 11) is 0. The van der Waals surface area contributed by atoms with E-state index in [1.54, 1.807) is 24.3 Å². The minimum atomic E-state index is -0.436. The summed E-state index contributed by atoms with van der Waals surface area (Å²) in [4.78, 5) is 24.1. The molecule has 0 bridgehead atoms. The zero-order chi connectivity index (χ0) is 21.3. The number of carbonyl (C=O) groups is 2. The van der Waals surface area contributed by atoms with E-state index in [1.165, 1.54) is 0 Å². The average Bonchev–Trinajstić information content (AvgIpc) is 2.77. The van der Waals surface area contributed by atoms with E-state index in [9.17, 15) is 9.59 Å². The van der Waals surface area contributed by atoms with Crippen LogP contribution < -0.4 is 20.9 Å². The fraction of sp³-hybridized carbons (Fsp3) is 0.0870. The molecule has 6 nitrogen and oxygen atoms in total. The molecule has 0 unspecified atom stereocenters. The fourth-order valence-corrected chi connectivity index (χ4v) is 2.86. The largest absolute Gasteiger partial charge is 0.484 e. The van der Waals surface area contributed by atoms with Crippen LogP contribution in [0.2, 0.25) is 0 Å². The zero-order valence-electron chi connectivity index (χ0n) is 16.3. The van der Waals surface area contributed by atoms with Gasteiger partial charge in [0, 0.05) is 5.56 Å². The summed E-state index contributed by atoms with van der Waals surface area (Å²) in [5, 5.41) is 2.50. The summed E-state index contributed by atoms with van der Waals surface area (Å²) in [5.41, 5.74) is 8.38. The molecule has 152 valence electrons. The molecule has 3 N–H and O–H groups in total. The molecular formula is C23H21N3O3S. The number of ether oxygens (including phenoxy) is 1. The van der Waals surface area contributed by atoms with Crippen molar-refractivity contribution in [2.45, 2.75) is 6.92 Å². The summed E-state index contributed by atoms with van der Waals surface area (Å²) in [6, 6.07) is 24.6. The molecule has 3 aromatic carbocycles. The summed E-state index contributed by atoms with van der Waals surface area (Å²) >= 11 is 5.03. The standard InChI is InChI=1S/C23H21N3O3S/c1-16-7-5-6-10-20(16)22(28)24-23(30)26-25-21(27)15-29-19-13-11-18(12-14-19)17-8-3-2-4-9-17/h2-14H,15H2,1H3,(H,25,27)(H2,24,26,28,30). The van der Waals surface area contributed by atoms with Crippen LogP contribution in [0.1, 0.15) is 15.9 Å². The molecule has 0 saturated heterocycles. The van der Waals surface area contributed by atoms with Gasteiger partial charge in [0.05, 0.1) is 0 Å². The van der Waals surface area contributed by atoms with Crippen LogP contribution in [-0.2, 0) is 4.79 Å². The van der Waals surface area contributed by atoms with Gasteiger partial charge >= 0.3 is 0 Å². The zero-order valence-corrected chi connectivity index (χ0v) is 17.2. The van der Waals surface area contributed by atoms with Crippen LogP contribution in [0.3, 0.4) is 0 Å². The number of hydrogen-bond donors (Lipinski definition) is 3. The third kappa shape index (κ3) is 5.89. The Balaban J connectivity index is 1.42. The number of benzene rings is 3. The molecule has 2 amide bonds. The molecule has 30 heavy (non-hydrogen) atoms. The first-order chi connectivity index (χ1) is 14.5. The second-order valence-corrected chi connectivity index (χ2v) is 6.86. The highest BCUT2D eigenvalue weighted by Crippen LogP contribution is 2.21. The molecule has 0 atom stereocenters. The van der Waals surface area contributed by atoms with Gasteiger partial charge in [-0.25, -0.2) is 0 Å². The van der Waals surface area contributed by atoms with Gasteiger partial charge in [-0.2, -0.15) is 0 Å². The Labute approximate surface area is 180 Å². The van der Waals surface area contributed by atoms with Crippen molar-refractivity contribution >= 4 is 29.1 Å². The summed E-state index contributed by atoms with van der Waals surface area (Å²) in [5.74, 6) is -0.218. The van der Waals surface area contributed by atoms with Gasteiger partial charge < -0.3 is 4.74 Å². The molecular weight excluding hydrogens is 398 g/mol. The number of hydrazine groups is 1. The van der Waals surface area contributed by atoms with Crippen molar-refractivity contribution in [2.24, 2.45) is 0 Å². The van der Waals surface area contributed by atoms with E-state index in [1.807, 2.05) is 61.5 Å². The first kappa shape index (κ1) is 21.0.